The third kappa shape index (κ3) is 5.02. The Morgan fingerprint density at radius 2 is 1.45 bits per heavy atom. The summed E-state index contributed by atoms with van der Waals surface area (Å²) in [7, 11) is 1.39. The topological polar surface area (TPSA) is 46.6 Å². The van der Waals surface area contributed by atoms with Crippen molar-refractivity contribution in [2.24, 2.45) is 0 Å². The van der Waals surface area contributed by atoms with Gasteiger partial charge in [-0.15, -0.1) is 0 Å². The zero-order valence-electron chi connectivity index (χ0n) is 18.9. The molecule has 0 unspecified atom stereocenters. The minimum atomic E-state index is -0.322. The lowest BCUT2D eigenvalue weighted by Gasteiger charge is -2.26. The van der Waals surface area contributed by atoms with Gasteiger partial charge in [-0.2, -0.15) is 0 Å². The van der Waals surface area contributed by atoms with E-state index in [1.807, 2.05) is 86.3 Å². The van der Waals surface area contributed by atoms with Gasteiger partial charge in [0.05, 0.1) is 7.11 Å². The second-order valence-electron chi connectivity index (χ2n) is 7.94. The van der Waals surface area contributed by atoms with Crippen LogP contribution in [0, 0.1) is 27.7 Å². The molecule has 0 saturated heterocycles. The second kappa shape index (κ2) is 9.61. The molecule has 0 atom stereocenters. The minimum absolute atomic E-state index is 0.00963. The van der Waals surface area contributed by atoms with Gasteiger partial charge in [-0.1, -0.05) is 42.5 Å². The number of hydrogen-bond acceptors (Lipinski definition) is 4. The lowest BCUT2D eigenvalue weighted by Crippen LogP contribution is -2.31. The fourth-order valence-electron chi connectivity index (χ4n) is 3.77. The molecule has 0 bridgehead atoms. The molecule has 0 N–H and O–H groups in total. The van der Waals surface area contributed by atoms with Crippen molar-refractivity contribution in [3.63, 3.8) is 0 Å². The fourth-order valence-corrected chi connectivity index (χ4v) is 3.77. The van der Waals surface area contributed by atoms with Crippen LogP contribution in [0.2, 0.25) is 0 Å². The summed E-state index contributed by atoms with van der Waals surface area (Å²) in [5.74, 6) is -0.332. The number of rotatable bonds is 7. The van der Waals surface area contributed by atoms with E-state index in [1.165, 1.54) is 12.7 Å². The molecule has 0 fully saturated rings. The molecule has 0 aliphatic carbocycles. The van der Waals surface area contributed by atoms with Gasteiger partial charge in [0.15, 0.2) is 5.78 Å². The molecule has 0 aromatic heterocycles. The highest BCUT2D eigenvalue weighted by Crippen LogP contribution is 2.25. The number of methoxy groups -OCH3 is 1. The van der Waals surface area contributed by atoms with Gasteiger partial charge in [-0.05, 0) is 73.7 Å². The normalized spacial score (nSPS) is 10.6. The lowest BCUT2D eigenvalue weighted by molar-refractivity contribution is -0.139. The molecule has 3 aromatic rings. The van der Waals surface area contributed by atoms with Crippen LogP contribution >= 0.6 is 0 Å². The molecule has 0 aliphatic rings. The van der Waals surface area contributed by atoms with Crippen molar-refractivity contribution >= 4 is 17.4 Å². The van der Waals surface area contributed by atoms with Crippen molar-refractivity contribution in [2.75, 3.05) is 18.6 Å². The molecule has 31 heavy (non-hydrogen) atoms. The summed E-state index contributed by atoms with van der Waals surface area (Å²) in [6.45, 7) is 8.66. The quantitative estimate of drug-likeness (QED) is 0.386. The van der Waals surface area contributed by atoms with Crippen LogP contribution in [0.25, 0.3) is 0 Å². The Balaban J connectivity index is 2.00. The van der Waals surface area contributed by atoms with Crippen LogP contribution in [-0.4, -0.2) is 25.4 Å². The zero-order valence-corrected chi connectivity index (χ0v) is 18.9. The van der Waals surface area contributed by atoms with E-state index in [-0.39, 0.29) is 18.3 Å². The summed E-state index contributed by atoms with van der Waals surface area (Å²) < 4.78 is 4.92. The van der Waals surface area contributed by atoms with Crippen molar-refractivity contribution in [1.82, 2.24) is 0 Å². The van der Waals surface area contributed by atoms with Crippen molar-refractivity contribution in [1.29, 1.82) is 0 Å². The second-order valence-corrected chi connectivity index (χ2v) is 7.94. The minimum Gasteiger partial charge on any atom is -0.468 e. The van der Waals surface area contributed by atoms with E-state index >= 15 is 0 Å². The first-order chi connectivity index (χ1) is 14.8. The van der Waals surface area contributed by atoms with Crippen LogP contribution in [0.3, 0.4) is 0 Å². The predicted octanol–water partition coefficient (Wildman–Crippen LogP) is 5.33. The van der Waals surface area contributed by atoms with Crippen LogP contribution in [0.4, 0.5) is 5.69 Å². The molecule has 4 heteroatoms. The van der Waals surface area contributed by atoms with Crippen molar-refractivity contribution < 1.29 is 14.3 Å². The highest BCUT2D eigenvalue weighted by atomic mass is 16.5. The van der Waals surface area contributed by atoms with Gasteiger partial charge in [0.25, 0.3) is 0 Å². The number of aryl methyl sites for hydroxylation is 3. The third-order valence-electron chi connectivity index (χ3n) is 5.82. The van der Waals surface area contributed by atoms with E-state index in [2.05, 4.69) is 6.92 Å². The maximum absolute atomic E-state index is 13.4. The summed E-state index contributed by atoms with van der Waals surface area (Å²) in [4.78, 5) is 27.5. The average molecular weight is 416 g/mol. The predicted molar refractivity (Wildman–Crippen MR) is 125 cm³/mol. The zero-order chi connectivity index (χ0) is 22.5. The Morgan fingerprint density at radius 3 is 2.10 bits per heavy atom. The number of benzene rings is 3. The van der Waals surface area contributed by atoms with E-state index in [4.69, 9.17) is 4.74 Å². The number of nitrogens with zero attached hydrogens (tertiary/aromatic N) is 1. The number of carbonyl (C=O) groups excluding carboxylic acids is 2. The molecule has 160 valence electrons. The standard InChI is InChI=1S/C27H29NO3/c1-18-10-6-9-13-25(18)28(17-26(29)31-5)16-22-11-7-8-12-24(22)27(30)23-14-19(2)21(4)20(3)15-23/h6-15H,16-17H2,1-5H3. The summed E-state index contributed by atoms with van der Waals surface area (Å²) in [5.41, 5.74) is 7.61. The molecule has 0 amide bonds. The van der Waals surface area contributed by atoms with Crippen LogP contribution in [-0.2, 0) is 16.1 Å². The van der Waals surface area contributed by atoms with Gasteiger partial charge >= 0.3 is 5.97 Å². The molecule has 0 radical (unpaired) electrons. The van der Waals surface area contributed by atoms with Crippen molar-refractivity contribution in [2.45, 2.75) is 34.2 Å². The van der Waals surface area contributed by atoms with Gasteiger partial charge in [0.1, 0.15) is 6.54 Å². The molecular weight excluding hydrogens is 386 g/mol. The third-order valence-corrected chi connectivity index (χ3v) is 5.82. The summed E-state index contributed by atoms with van der Waals surface area (Å²) >= 11 is 0. The first-order valence-electron chi connectivity index (χ1n) is 10.4. The SMILES string of the molecule is COC(=O)CN(Cc1ccccc1C(=O)c1cc(C)c(C)c(C)c1)c1ccccc1C. The highest BCUT2D eigenvalue weighted by molar-refractivity contribution is 6.10. The number of para-hydroxylation sites is 1. The average Bonchev–Trinajstić information content (AvgIpc) is 2.76. The summed E-state index contributed by atoms with van der Waals surface area (Å²) in [6, 6.07) is 19.4. The van der Waals surface area contributed by atoms with Gasteiger partial charge in [-0.25, -0.2) is 0 Å². The Labute approximate surface area is 184 Å². The first-order valence-corrected chi connectivity index (χ1v) is 10.4. The Bertz CT molecular complexity index is 1090. The van der Waals surface area contributed by atoms with Crippen LogP contribution in [0.1, 0.15) is 43.7 Å². The Morgan fingerprint density at radius 1 is 0.839 bits per heavy atom. The Kier molecular flexibility index (Phi) is 6.91. The number of anilines is 1. The number of ketones is 1. The van der Waals surface area contributed by atoms with Crippen LogP contribution < -0.4 is 4.90 Å². The van der Waals surface area contributed by atoms with Gasteiger partial charge in [0, 0.05) is 23.4 Å². The molecule has 0 saturated carbocycles. The maximum atomic E-state index is 13.4. The van der Waals surface area contributed by atoms with E-state index in [1.54, 1.807) is 0 Å². The van der Waals surface area contributed by atoms with E-state index in [9.17, 15) is 9.59 Å². The van der Waals surface area contributed by atoms with Gasteiger partial charge in [0.2, 0.25) is 0 Å². The largest absolute Gasteiger partial charge is 0.468 e. The fraction of sp³-hybridized carbons (Fsp3) is 0.259. The number of esters is 1. The molecule has 0 heterocycles. The summed E-state index contributed by atoms with van der Waals surface area (Å²) in [6.07, 6.45) is 0. The monoisotopic (exact) mass is 415 g/mol. The van der Waals surface area contributed by atoms with E-state index in [0.29, 0.717) is 17.7 Å². The number of ether oxygens (including phenoxy) is 1. The maximum Gasteiger partial charge on any atom is 0.325 e. The van der Waals surface area contributed by atoms with Crippen LogP contribution in [0.5, 0.6) is 0 Å². The van der Waals surface area contributed by atoms with Crippen molar-refractivity contribution in [3.05, 3.63) is 99.6 Å². The van der Waals surface area contributed by atoms with Gasteiger partial charge in [-0.3, -0.25) is 9.59 Å². The van der Waals surface area contributed by atoms with E-state index < -0.39 is 0 Å². The molecule has 4 nitrogen and oxygen atoms in total. The summed E-state index contributed by atoms with van der Waals surface area (Å²) in [5, 5.41) is 0. The molecular formula is C27H29NO3. The molecule has 0 aliphatic heterocycles. The molecule has 3 rings (SSSR count). The first kappa shape index (κ1) is 22.3. The highest BCUT2D eigenvalue weighted by Gasteiger charge is 2.19. The van der Waals surface area contributed by atoms with Crippen molar-refractivity contribution in [3.8, 4) is 0 Å². The lowest BCUT2D eigenvalue weighted by atomic mass is 9.93. The van der Waals surface area contributed by atoms with Gasteiger partial charge < -0.3 is 9.64 Å². The van der Waals surface area contributed by atoms with Crippen LogP contribution in [0.15, 0.2) is 60.7 Å². The molecule has 3 aromatic carbocycles. The molecule has 0 spiro atoms. The Hall–Kier alpha value is -3.40. The van der Waals surface area contributed by atoms with E-state index in [0.717, 1.165) is 27.9 Å². The smallest absolute Gasteiger partial charge is 0.325 e. The number of carbonyl (C=O) groups is 2. The number of hydrogen-bond donors (Lipinski definition) is 0.